The molecule has 1 heterocycles. The molecule has 1 aliphatic heterocycles. The number of urea groups is 1. The van der Waals surface area contributed by atoms with Crippen LogP contribution >= 0.6 is 0 Å². The molecular weight excluding hydrogens is 1390 g/mol. The van der Waals surface area contributed by atoms with Crippen molar-refractivity contribution in [3.63, 3.8) is 0 Å². The number of carbonyl (C=O) groups is 6. The summed E-state index contributed by atoms with van der Waals surface area (Å²) in [5.41, 5.74) is 7.15. The number of carbonyl (C=O) groups excluding carboxylic acids is 13. The van der Waals surface area contributed by atoms with E-state index in [0.717, 1.165) is 99.7 Å². The number of imide groups is 2. The number of nitrogens with zero attached hydrogens (tertiary/aromatic N) is 9. The Hall–Kier alpha value is -11.0. The molecule has 0 radical (unpaired) electrons. The number of alkyl carbamates (subject to hydrolysis) is 2. The standard InChI is InChI=1S/C33H34N6O9.C22H36N4O6.C18H26N4O5/c1-5-33(17-46-32(43)39-26-11-8-23(4)31(14-26)36-20-42,27(15-37-47-44)24-9-6-21(2)29(12-24)34-18-40)28(16-38-48-45)25-10-7-22(3)30(13-25)35-19-41;1-3-22(2,16-31-20(29)25-14-10-6-4-8-12-23-18-27)17-32-21(30)26-15-11-7-5-9-13-24-19-28;23-14-19-9-5-1-3-7-11-21-16(25)13-17(26)22(18(21)27)12-8-4-2-6-10-20-15-24/h5-14,27-28,37-38,44-45H,1,15-17H2,2-4H3,(H,39,43);3H,1,4-17H2,2H3,(H,25,29)(H,26,30);1-13H2. The van der Waals surface area contributed by atoms with Crippen LogP contribution in [0.1, 0.15) is 156 Å². The van der Waals surface area contributed by atoms with Gasteiger partial charge in [0.25, 0.3) is 0 Å². The smallest absolute Gasteiger partial charge is 0.411 e. The minimum Gasteiger partial charge on any atom is -0.449 e. The van der Waals surface area contributed by atoms with Gasteiger partial charge in [-0.3, -0.25) is 24.7 Å². The van der Waals surface area contributed by atoms with Crippen molar-refractivity contribution in [3.8, 4) is 0 Å². The van der Waals surface area contributed by atoms with E-state index in [0.29, 0.717) is 110 Å². The Balaban J connectivity index is 0.000000575. The lowest BCUT2D eigenvalue weighted by molar-refractivity contribution is -0.295. The van der Waals surface area contributed by atoms with Crippen LogP contribution < -0.4 is 26.9 Å². The Morgan fingerprint density at radius 3 is 1.22 bits per heavy atom. The zero-order chi connectivity index (χ0) is 78.9. The Kier molecular flexibility index (Phi) is 47.7. The third-order valence-electron chi connectivity index (χ3n) is 17.0. The van der Waals surface area contributed by atoms with E-state index in [2.05, 4.69) is 85.0 Å². The van der Waals surface area contributed by atoms with Crippen LogP contribution in [0, 0.1) is 31.6 Å². The highest BCUT2D eigenvalue weighted by atomic mass is 17.2. The maximum absolute atomic E-state index is 13.3. The molecule has 3 aromatic rings. The number of amides is 7. The summed E-state index contributed by atoms with van der Waals surface area (Å²) in [7, 11) is 0. The highest BCUT2D eigenvalue weighted by Gasteiger charge is 2.47. The lowest BCUT2D eigenvalue weighted by atomic mass is 9.62. The van der Waals surface area contributed by atoms with Crippen molar-refractivity contribution in [3.05, 3.63) is 108 Å². The third-order valence-corrected chi connectivity index (χ3v) is 17.0. The molecule has 0 aliphatic carbocycles. The fraction of sp³-hybridized carbons (Fsp3) is 0.521. The van der Waals surface area contributed by atoms with Crippen LogP contribution in [-0.2, 0) is 67.3 Å². The Bertz CT molecular complexity index is 3520. The van der Waals surface area contributed by atoms with Crippen molar-refractivity contribution >= 4 is 101 Å². The first-order valence-corrected chi connectivity index (χ1v) is 34.7. The third kappa shape index (κ3) is 36.0. The lowest BCUT2D eigenvalue weighted by Crippen LogP contribution is -2.55. The Labute approximate surface area is 620 Å². The molecule has 0 saturated carbocycles. The van der Waals surface area contributed by atoms with Gasteiger partial charge >= 0.3 is 24.3 Å². The molecule has 7 amide bonds. The van der Waals surface area contributed by atoms with Gasteiger partial charge in [-0.25, -0.2) is 83.2 Å². The average molecular weight is 1490 g/mol. The predicted molar refractivity (Wildman–Crippen MR) is 390 cm³/mol. The second-order valence-electron chi connectivity index (χ2n) is 24.7. The molecule has 7 N–H and O–H groups in total. The zero-order valence-electron chi connectivity index (χ0n) is 60.9. The van der Waals surface area contributed by atoms with E-state index in [1.807, 2.05) is 0 Å². The number of hydrogen-bond acceptors (Lipinski definition) is 29. The number of unbranched alkanes of at least 4 members (excludes halogenated alkanes) is 12. The van der Waals surface area contributed by atoms with Gasteiger partial charge < -0.3 is 24.8 Å². The fourth-order valence-electron chi connectivity index (χ4n) is 10.9. The number of nitrogens with one attached hydrogen (secondary N) is 5. The maximum atomic E-state index is 13.3. The summed E-state index contributed by atoms with van der Waals surface area (Å²) in [4.78, 5) is 182. The van der Waals surface area contributed by atoms with Gasteiger partial charge in [0.15, 0.2) is 0 Å². The number of isocyanates is 7. The minimum absolute atomic E-state index is 0.0303. The van der Waals surface area contributed by atoms with E-state index in [-0.39, 0.29) is 45.0 Å². The van der Waals surface area contributed by atoms with Gasteiger partial charge in [0, 0.05) is 62.2 Å². The van der Waals surface area contributed by atoms with Gasteiger partial charge in [-0.1, -0.05) is 93.9 Å². The van der Waals surface area contributed by atoms with Gasteiger partial charge in [0.1, 0.15) is 26.2 Å². The fourth-order valence-corrected chi connectivity index (χ4v) is 10.9. The van der Waals surface area contributed by atoms with E-state index in [1.165, 1.54) is 48.6 Å². The first-order valence-electron chi connectivity index (χ1n) is 34.7. The van der Waals surface area contributed by atoms with Gasteiger partial charge in [-0.05, 0) is 131 Å². The molecule has 2 unspecified atom stereocenters. The number of aryl methyl sites for hydroxylation is 3. The second-order valence-corrected chi connectivity index (χ2v) is 24.7. The Morgan fingerprint density at radius 2 is 0.860 bits per heavy atom. The molecule has 107 heavy (non-hydrogen) atoms. The van der Waals surface area contributed by atoms with Crippen molar-refractivity contribution < 1.29 is 97.0 Å². The van der Waals surface area contributed by atoms with Crippen molar-refractivity contribution in [1.29, 1.82) is 0 Å². The Morgan fingerprint density at radius 1 is 0.495 bits per heavy atom. The summed E-state index contributed by atoms with van der Waals surface area (Å²) in [5.74, 6) is -2.46. The first-order chi connectivity index (χ1) is 51.8. The van der Waals surface area contributed by atoms with Crippen LogP contribution in [0.15, 0.2) is 115 Å². The van der Waals surface area contributed by atoms with Gasteiger partial charge in [-0.2, -0.15) is 25.9 Å². The predicted octanol–water partition coefficient (Wildman–Crippen LogP) is 11.2. The normalized spacial score (nSPS) is 12.9. The molecule has 578 valence electrons. The number of hydroxylamine groups is 2. The molecule has 0 aromatic heterocycles. The van der Waals surface area contributed by atoms with Crippen molar-refractivity contribution in [1.82, 2.24) is 31.4 Å². The molecule has 2 atom stereocenters. The number of barbiturate groups is 1. The van der Waals surface area contributed by atoms with E-state index in [1.54, 1.807) is 88.4 Å². The van der Waals surface area contributed by atoms with Crippen molar-refractivity contribution in [2.24, 2.45) is 45.8 Å². The molecule has 1 fully saturated rings. The van der Waals surface area contributed by atoms with E-state index in [4.69, 9.17) is 14.2 Å². The first kappa shape index (κ1) is 92.1. The number of ether oxygens (including phenoxy) is 3. The van der Waals surface area contributed by atoms with Crippen LogP contribution in [-0.4, -0.2) is 184 Å². The minimum atomic E-state index is -1.36. The van der Waals surface area contributed by atoms with Crippen molar-refractivity contribution in [2.75, 3.05) is 90.6 Å². The van der Waals surface area contributed by atoms with E-state index < -0.39 is 58.8 Å². The number of hydrogen-bond donors (Lipinski definition) is 7. The summed E-state index contributed by atoms with van der Waals surface area (Å²) in [6.45, 7) is 17.7. The number of rotatable bonds is 50. The quantitative estimate of drug-likeness (QED) is 0.00403. The highest BCUT2D eigenvalue weighted by Crippen LogP contribution is 2.50. The molecule has 4 rings (SSSR count). The van der Waals surface area contributed by atoms with Crippen LogP contribution in [0.25, 0.3) is 0 Å². The molecular formula is C73H96N14O20. The molecule has 0 spiro atoms. The summed E-state index contributed by atoms with van der Waals surface area (Å²) >= 11 is 0. The molecule has 1 aliphatic rings. The van der Waals surface area contributed by atoms with Crippen molar-refractivity contribution in [2.45, 2.75) is 149 Å². The monoisotopic (exact) mass is 1490 g/mol. The zero-order valence-corrected chi connectivity index (χ0v) is 60.9. The molecule has 3 aromatic carbocycles. The topological polar surface area (TPSA) is 462 Å². The molecule has 1 saturated heterocycles. The van der Waals surface area contributed by atoms with Crippen LogP contribution in [0.2, 0.25) is 0 Å². The van der Waals surface area contributed by atoms with Gasteiger partial charge in [0.2, 0.25) is 54.4 Å². The largest absolute Gasteiger partial charge is 0.449 e. The summed E-state index contributed by atoms with van der Waals surface area (Å²) in [6.07, 6.45) is 24.5. The SMILES string of the molecule is C=CC(C)(COC(=O)NCCCCCCN=C=O)COC(=O)NCCCCCCN=C=O.C=CC(COC(=O)Nc1ccc(C)c(N=C=O)c1)(C(CNOO)c1ccc(C)c(N=C=O)c1)C(CNOO)c1ccc(C)c(N=C=O)c1.O=C=NCCCCCCN1C(=O)CC(=O)N(CCCCCCN=C=O)C1=O. The second kappa shape index (κ2) is 55.5. The summed E-state index contributed by atoms with van der Waals surface area (Å²) in [6, 6.07) is 14.4. The van der Waals surface area contributed by atoms with E-state index in [9.17, 15) is 72.8 Å². The number of benzene rings is 3. The highest BCUT2D eigenvalue weighted by molar-refractivity contribution is 6.14. The van der Waals surface area contributed by atoms with Gasteiger partial charge in [0.05, 0.1) is 48.7 Å². The maximum Gasteiger partial charge on any atom is 0.411 e. The van der Waals surface area contributed by atoms with Crippen LogP contribution in [0.3, 0.4) is 0 Å². The number of anilines is 1. The molecule has 34 heteroatoms. The molecule has 34 nitrogen and oxygen atoms in total. The van der Waals surface area contributed by atoms with Crippen LogP contribution in [0.5, 0.6) is 0 Å². The summed E-state index contributed by atoms with van der Waals surface area (Å²) < 4.78 is 16.3. The van der Waals surface area contributed by atoms with Gasteiger partial charge in [-0.15, -0.1) is 23.1 Å². The lowest BCUT2D eigenvalue weighted by Gasteiger charge is -2.44. The van der Waals surface area contributed by atoms with E-state index >= 15 is 0 Å². The average Bonchev–Trinajstić information content (AvgIpc) is 0.758. The summed E-state index contributed by atoms with van der Waals surface area (Å²) in [5, 5.41) is 26.6. The van der Waals surface area contributed by atoms with Crippen LogP contribution in [0.4, 0.5) is 41.9 Å². The number of aliphatic imine (C=N–C) groups is 7. The molecule has 0 bridgehead atoms.